The van der Waals surface area contributed by atoms with Crippen molar-refractivity contribution in [1.29, 1.82) is 0 Å². The van der Waals surface area contributed by atoms with Crippen LogP contribution in [0.25, 0.3) is 0 Å². The number of nitrogens with zero attached hydrogens (tertiary/aromatic N) is 1. The van der Waals surface area contributed by atoms with Crippen LogP contribution in [-0.2, 0) is 11.0 Å². The van der Waals surface area contributed by atoms with E-state index in [9.17, 15) is 22.8 Å². The molecule has 10 heteroatoms. The fourth-order valence-corrected chi connectivity index (χ4v) is 2.85. The number of aromatic nitrogens is 2. The lowest BCUT2D eigenvalue weighted by atomic mass is 10.1. The molecule has 0 bridgehead atoms. The van der Waals surface area contributed by atoms with Crippen molar-refractivity contribution >= 4 is 33.6 Å². The Morgan fingerprint density at radius 1 is 1.36 bits per heavy atom. The predicted molar refractivity (Wildman–Crippen MR) is 91.3 cm³/mol. The molecule has 2 rings (SSSR count). The summed E-state index contributed by atoms with van der Waals surface area (Å²) in [5.74, 6) is -0.564. The van der Waals surface area contributed by atoms with Gasteiger partial charge in [-0.1, -0.05) is 39.8 Å². The molecule has 5 nitrogen and oxygen atoms in total. The Bertz CT molecular complexity index is 809. The number of hydrogen-bond donors (Lipinski definition) is 2. The lowest BCUT2D eigenvalue weighted by Crippen LogP contribution is -2.28. The maximum atomic E-state index is 12.6. The third kappa shape index (κ3) is 5.89. The number of alkyl halides is 3. The number of aromatic amines is 1. The van der Waals surface area contributed by atoms with Gasteiger partial charge in [0, 0.05) is 10.5 Å². The van der Waals surface area contributed by atoms with Crippen molar-refractivity contribution in [2.24, 2.45) is 0 Å². The summed E-state index contributed by atoms with van der Waals surface area (Å²) in [5.41, 5.74) is -1.33. The quantitative estimate of drug-likeness (QED) is 0.556. The van der Waals surface area contributed by atoms with Crippen molar-refractivity contribution < 1.29 is 18.0 Å². The van der Waals surface area contributed by atoms with E-state index in [2.05, 4.69) is 31.2 Å². The maximum Gasteiger partial charge on any atom is 0.433 e. The topological polar surface area (TPSA) is 74.8 Å². The minimum atomic E-state index is -4.72. The smallest absolute Gasteiger partial charge is 0.349 e. The molecule has 1 aromatic heterocycles. The summed E-state index contributed by atoms with van der Waals surface area (Å²) < 4.78 is 38.8. The number of nitrogens with one attached hydrogen (secondary N) is 2. The Kier molecular flexibility index (Phi) is 6.28. The van der Waals surface area contributed by atoms with Crippen molar-refractivity contribution in [3.63, 3.8) is 0 Å². The summed E-state index contributed by atoms with van der Waals surface area (Å²) in [6.07, 6.45) is -4.72. The number of halogens is 4. The zero-order valence-corrected chi connectivity index (χ0v) is 15.3. The van der Waals surface area contributed by atoms with Crippen molar-refractivity contribution in [3.05, 3.63) is 56.4 Å². The molecule has 0 saturated carbocycles. The van der Waals surface area contributed by atoms with E-state index >= 15 is 0 Å². The van der Waals surface area contributed by atoms with Gasteiger partial charge in [-0.15, -0.1) is 0 Å². The second-order valence-electron chi connectivity index (χ2n) is 5.06. The van der Waals surface area contributed by atoms with Crippen molar-refractivity contribution in [3.8, 4) is 0 Å². The molecule has 25 heavy (non-hydrogen) atoms. The fourth-order valence-electron chi connectivity index (χ4n) is 1.90. The van der Waals surface area contributed by atoms with Gasteiger partial charge in [-0.2, -0.15) is 13.2 Å². The Balaban J connectivity index is 1.97. The average Bonchev–Trinajstić information content (AvgIpc) is 2.52. The van der Waals surface area contributed by atoms with E-state index < -0.39 is 17.4 Å². The van der Waals surface area contributed by atoms with E-state index in [-0.39, 0.29) is 22.9 Å². The van der Waals surface area contributed by atoms with Crippen LogP contribution in [0.2, 0.25) is 0 Å². The highest BCUT2D eigenvalue weighted by atomic mass is 79.9. The largest absolute Gasteiger partial charge is 0.433 e. The van der Waals surface area contributed by atoms with Crippen LogP contribution in [0.1, 0.15) is 24.2 Å². The SMILES string of the molecule is CC(NC(=O)CSc1nc(C(F)(F)F)cc(=O)[nH]1)c1ccc(Br)cc1. The van der Waals surface area contributed by atoms with Gasteiger partial charge in [0.05, 0.1) is 11.8 Å². The van der Waals surface area contributed by atoms with Gasteiger partial charge in [-0.25, -0.2) is 4.98 Å². The third-order valence-electron chi connectivity index (χ3n) is 3.10. The van der Waals surface area contributed by atoms with Gasteiger partial charge in [0.1, 0.15) is 0 Å². The summed E-state index contributed by atoms with van der Waals surface area (Å²) in [4.78, 5) is 28.7. The summed E-state index contributed by atoms with van der Waals surface area (Å²) in [6, 6.07) is 7.46. The first-order chi connectivity index (χ1) is 11.6. The Labute approximate surface area is 153 Å². The van der Waals surface area contributed by atoms with E-state index in [0.717, 1.165) is 21.8 Å². The lowest BCUT2D eigenvalue weighted by Gasteiger charge is -2.14. The molecule has 0 aliphatic heterocycles. The van der Waals surface area contributed by atoms with Crippen LogP contribution < -0.4 is 10.9 Å². The van der Waals surface area contributed by atoms with Crippen LogP contribution in [0.15, 0.2) is 44.8 Å². The fraction of sp³-hybridized carbons (Fsp3) is 0.267. The Morgan fingerprint density at radius 3 is 2.60 bits per heavy atom. The number of benzene rings is 1. The maximum absolute atomic E-state index is 12.6. The molecule has 1 unspecified atom stereocenters. The first kappa shape index (κ1) is 19.5. The van der Waals surface area contributed by atoms with Crippen LogP contribution in [0.3, 0.4) is 0 Å². The average molecular weight is 436 g/mol. The van der Waals surface area contributed by atoms with Crippen molar-refractivity contribution in [1.82, 2.24) is 15.3 Å². The number of carbonyl (C=O) groups is 1. The van der Waals surface area contributed by atoms with Gasteiger partial charge >= 0.3 is 6.18 Å². The van der Waals surface area contributed by atoms with Gasteiger partial charge < -0.3 is 10.3 Å². The van der Waals surface area contributed by atoms with Gasteiger partial charge in [-0.05, 0) is 24.6 Å². The standard InChI is InChI=1S/C15H13BrF3N3O2S/c1-8(9-2-4-10(16)5-3-9)20-13(24)7-25-14-21-11(15(17,18)19)6-12(23)22-14/h2-6,8H,7H2,1H3,(H,20,24)(H,21,22,23). The number of thioether (sulfide) groups is 1. The van der Waals surface area contributed by atoms with Crippen LogP contribution >= 0.6 is 27.7 Å². The van der Waals surface area contributed by atoms with E-state index in [1.54, 1.807) is 6.92 Å². The van der Waals surface area contributed by atoms with E-state index in [0.29, 0.717) is 6.07 Å². The molecule has 0 aliphatic carbocycles. The van der Waals surface area contributed by atoms with E-state index in [1.165, 1.54) is 0 Å². The highest BCUT2D eigenvalue weighted by molar-refractivity contribution is 9.10. The van der Waals surface area contributed by atoms with Crippen LogP contribution in [-0.4, -0.2) is 21.6 Å². The second kappa shape index (κ2) is 8.05. The molecule has 2 N–H and O–H groups in total. The molecule has 1 heterocycles. The van der Waals surface area contributed by atoms with Crippen LogP contribution in [0.4, 0.5) is 13.2 Å². The van der Waals surface area contributed by atoms with Gasteiger partial charge in [0.25, 0.3) is 5.56 Å². The molecule has 0 saturated heterocycles. The first-order valence-electron chi connectivity index (χ1n) is 7.01. The minimum absolute atomic E-state index is 0.175. The Hall–Kier alpha value is -1.81. The zero-order valence-electron chi connectivity index (χ0n) is 12.9. The molecular formula is C15H13BrF3N3O2S. The molecule has 1 aromatic carbocycles. The van der Waals surface area contributed by atoms with Crippen molar-refractivity contribution in [2.75, 3.05) is 5.75 Å². The number of hydrogen-bond acceptors (Lipinski definition) is 4. The highest BCUT2D eigenvalue weighted by Crippen LogP contribution is 2.27. The first-order valence-corrected chi connectivity index (χ1v) is 8.79. The normalized spacial score (nSPS) is 12.7. The number of amides is 1. The molecule has 0 fully saturated rings. The molecule has 1 amide bonds. The van der Waals surface area contributed by atoms with Gasteiger partial charge in [0.15, 0.2) is 10.9 Å². The van der Waals surface area contributed by atoms with Gasteiger partial charge in [0.2, 0.25) is 5.91 Å². The van der Waals surface area contributed by atoms with Crippen molar-refractivity contribution in [2.45, 2.75) is 24.3 Å². The molecule has 134 valence electrons. The highest BCUT2D eigenvalue weighted by Gasteiger charge is 2.33. The number of H-pyrrole nitrogens is 1. The molecule has 0 radical (unpaired) electrons. The number of carbonyl (C=O) groups excluding carboxylic acids is 1. The van der Waals surface area contributed by atoms with Crippen LogP contribution in [0.5, 0.6) is 0 Å². The molecule has 0 spiro atoms. The summed E-state index contributed by atoms with van der Waals surface area (Å²) >= 11 is 4.04. The lowest BCUT2D eigenvalue weighted by molar-refractivity contribution is -0.141. The summed E-state index contributed by atoms with van der Waals surface area (Å²) in [6.45, 7) is 1.79. The molecule has 0 aliphatic rings. The van der Waals surface area contributed by atoms with E-state index in [1.807, 2.05) is 24.3 Å². The molecule has 2 aromatic rings. The molecule has 1 atom stereocenters. The molecular weight excluding hydrogens is 423 g/mol. The minimum Gasteiger partial charge on any atom is -0.349 e. The second-order valence-corrected chi connectivity index (χ2v) is 6.94. The number of rotatable bonds is 5. The van der Waals surface area contributed by atoms with E-state index in [4.69, 9.17) is 0 Å². The summed E-state index contributed by atoms with van der Waals surface area (Å²) in [5, 5.41) is 2.47. The Morgan fingerprint density at radius 2 is 2.00 bits per heavy atom. The predicted octanol–water partition coefficient (Wildman–Crippen LogP) is 3.52. The summed E-state index contributed by atoms with van der Waals surface area (Å²) in [7, 11) is 0. The van der Waals surface area contributed by atoms with Crippen LogP contribution in [0, 0.1) is 0 Å². The zero-order chi connectivity index (χ0) is 18.6. The van der Waals surface area contributed by atoms with Gasteiger partial charge in [-0.3, -0.25) is 9.59 Å². The monoisotopic (exact) mass is 435 g/mol. The third-order valence-corrected chi connectivity index (χ3v) is 4.50.